The van der Waals surface area contributed by atoms with Gasteiger partial charge in [0.1, 0.15) is 34.7 Å². The standard InChI is InChI=1S/2C23H27N7O2S.C23H27N7OS.C22H25N7OS2/c1-15-13-20(28-32-15)24-21-25-22(30-11-9-29(2)10-12-30)27-23(26-21)33-18-7-3-16(4-8-18)14-19(31)17-5-6-17;1-15-13-20(32-28-15)24-21-25-22(30-11-9-29(2)10-12-30)27-23(26-21)33-18-7-3-16(4-8-18)14-19(31)17-5-6-17;1-29-11-13-30(14-12-29)22-26-21(25-20-3-2-10-24-20)27-23(28-22)32-18-8-4-16(5-9-18)15-19(31)17-6-7-17;1-28-9-11-29(12-10-28)20-24-19(25-21-23-8-13-31-21)26-22(27-20)32-17-6-2-15(3-7-17)14-18(30)16-4-5-16/h3-4,7-8,13,17H,5-6,9-12,14H2,1-2H3,(H,24,25,26,27,28);3-4,7-8,13,17H,5-6,9-12,14H2,1-2H3,(H,24,25,26,27);2-5,8-9,17H,6-7,10-15H2,1H3,(H,24,25,26,27,28);2-3,6-8,13,16H,4-5,9-12,14H2,1H3,(H,23,24,25,26,27). The maximum Gasteiger partial charge on any atom is 0.235 e. The smallest absolute Gasteiger partial charge is 0.235 e. The fourth-order valence-electron chi connectivity index (χ4n) is 14.5. The largest absolute Gasteiger partial charge is 0.360 e. The van der Waals surface area contributed by atoms with Gasteiger partial charge in [0.2, 0.25) is 53.5 Å². The summed E-state index contributed by atoms with van der Waals surface area (Å²) in [6, 6.07) is 36.0. The molecule has 34 nitrogen and oxygen atoms in total. The molecule has 4 saturated heterocycles. The molecule has 12 heterocycles. The highest BCUT2D eigenvalue weighted by molar-refractivity contribution is 7.99. The molecule has 20 rings (SSSR count). The van der Waals surface area contributed by atoms with Gasteiger partial charge in [0, 0.05) is 197 Å². The van der Waals surface area contributed by atoms with Crippen molar-refractivity contribution in [1.29, 1.82) is 0 Å². The second-order valence-corrected chi connectivity index (χ2v) is 39.0. The first-order valence-corrected chi connectivity index (χ1v) is 48.4. The molecule has 4 N–H and O–H groups in total. The van der Waals surface area contributed by atoms with Crippen LogP contribution >= 0.6 is 58.4 Å². The summed E-state index contributed by atoms with van der Waals surface area (Å²) in [5.74, 6) is 9.63. The summed E-state index contributed by atoms with van der Waals surface area (Å²) in [7, 11) is 8.50. The van der Waals surface area contributed by atoms with Crippen molar-refractivity contribution in [3.05, 3.63) is 167 Å². The number of aliphatic imine (C=N–C) groups is 1. The van der Waals surface area contributed by atoms with E-state index in [-0.39, 0.29) is 11.8 Å². The van der Waals surface area contributed by atoms with Crippen molar-refractivity contribution in [1.82, 2.24) is 94.7 Å². The molecule has 7 aromatic heterocycles. The minimum absolute atomic E-state index is 0.288. The zero-order chi connectivity index (χ0) is 89.4. The second kappa shape index (κ2) is 43.2. The maximum atomic E-state index is 12.1. The molecule has 4 aliphatic carbocycles. The number of piperazine rings is 4. The van der Waals surface area contributed by atoms with Gasteiger partial charge in [-0.25, -0.2) is 4.98 Å². The Labute approximate surface area is 776 Å². The number of carbonyl (C=O) groups excluding carboxylic acids is 4. The summed E-state index contributed by atoms with van der Waals surface area (Å²) in [6.45, 7) is 19.1. The number of nitrogens with zero attached hydrogens (tertiary/aromatic N) is 24. The molecule has 0 amide bonds. The van der Waals surface area contributed by atoms with Crippen LogP contribution in [0.1, 0.15) is 85.1 Å². The Morgan fingerprint density at radius 2 is 0.715 bits per heavy atom. The van der Waals surface area contributed by atoms with Crippen LogP contribution in [0.15, 0.2) is 187 Å². The molecular weight excluding hydrogens is 1740 g/mol. The number of thiazole rings is 1. The van der Waals surface area contributed by atoms with E-state index in [9.17, 15) is 19.2 Å². The Bertz CT molecular complexity index is 5570. The van der Waals surface area contributed by atoms with Crippen molar-refractivity contribution in [3.8, 4) is 0 Å². The zero-order valence-corrected chi connectivity index (χ0v) is 77.8. The number of amidine groups is 1. The lowest BCUT2D eigenvalue weighted by Gasteiger charge is -2.32. The van der Waals surface area contributed by atoms with E-state index in [0.717, 1.165) is 215 Å². The van der Waals surface area contributed by atoms with E-state index in [2.05, 4.69) is 149 Å². The lowest BCUT2D eigenvalue weighted by atomic mass is 10.1. The highest BCUT2D eigenvalue weighted by Crippen LogP contribution is 2.38. The lowest BCUT2D eigenvalue weighted by molar-refractivity contribution is -0.120. The van der Waals surface area contributed by atoms with Crippen molar-refractivity contribution < 1.29 is 28.2 Å². The third-order valence-electron chi connectivity index (χ3n) is 23.0. The third-order valence-corrected chi connectivity index (χ3v) is 27.2. The van der Waals surface area contributed by atoms with Crippen molar-refractivity contribution >= 4 is 152 Å². The summed E-state index contributed by atoms with van der Waals surface area (Å²) in [5, 5.41) is 25.7. The highest BCUT2D eigenvalue weighted by atomic mass is 32.2. The molecule has 39 heteroatoms. The summed E-state index contributed by atoms with van der Waals surface area (Å²) < 4.78 is 10.4. The van der Waals surface area contributed by atoms with Gasteiger partial charge in [-0.2, -0.15) is 59.8 Å². The van der Waals surface area contributed by atoms with E-state index in [1.165, 1.54) is 58.4 Å². The van der Waals surface area contributed by atoms with Crippen molar-refractivity contribution in [2.24, 2.45) is 28.7 Å². The predicted octanol–water partition coefficient (Wildman–Crippen LogP) is 12.8. The Kier molecular flexibility index (Phi) is 30.1. The van der Waals surface area contributed by atoms with Crippen LogP contribution in [0.3, 0.4) is 0 Å². The van der Waals surface area contributed by atoms with Crippen LogP contribution in [0.4, 0.5) is 64.4 Å². The van der Waals surface area contributed by atoms with Crippen molar-refractivity contribution in [2.45, 2.75) is 131 Å². The molecule has 0 bridgehead atoms. The van der Waals surface area contributed by atoms with E-state index >= 15 is 0 Å². The number of Topliss-reactive ketones (excluding diaryl/α,β-unsaturated/α-hetero) is 4. The van der Waals surface area contributed by atoms with Gasteiger partial charge in [0.05, 0.1) is 12.2 Å². The molecule has 4 aromatic carbocycles. The monoisotopic (exact) mass is 1850 g/mol. The fraction of sp³-hybridized carbons (Fsp3) is 0.429. The fourth-order valence-corrected chi connectivity index (χ4v) is 18.0. The number of hydrogen-bond acceptors (Lipinski definition) is 39. The molecule has 0 atom stereocenters. The molecule has 4 saturated carbocycles. The van der Waals surface area contributed by atoms with E-state index < -0.39 is 0 Å². The van der Waals surface area contributed by atoms with Gasteiger partial charge in [0.25, 0.3) is 0 Å². The minimum atomic E-state index is 0.288. The summed E-state index contributed by atoms with van der Waals surface area (Å²) in [5.41, 5.74) is 5.00. The van der Waals surface area contributed by atoms with Gasteiger partial charge < -0.3 is 58.9 Å². The van der Waals surface area contributed by atoms with Crippen LogP contribution in [0, 0.1) is 37.5 Å². The number of aromatic nitrogens is 15. The summed E-state index contributed by atoms with van der Waals surface area (Å²) >= 11 is 7.45. The topological polar surface area (TPSA) is 374 Å². The van der Waals surface area contributed by atoms with Gasteiger partial charge >= 0.3 is 0 Å². The number of hydrogen-bond donors (Lipinski definition) is 4. The Hall–Kier alpha value is -11.3. The molecule has 9 aliphatic rings. The molecule has 0 spiro atoms. The van der Waals surface area contributed by atoms with Crippen LogP contribution in [0.25, 0.3) is 0 Å². The molecule has 11 aromatic rings. The van der Waals surface area contributed by atoms with Crippen LogP contribution in [0.2, 0.25) is 0 Å². The van der Waals surface area contributed by atoms with E-state index in [1.54, 1.807) is 18.3 Å². The number of anilines is 11. The molecule has 8 fully saturated rings. The zero-order valence-electron chi connectivity index (χ0n) is 73.7. The molecule has 0 radical (unpaired) electrons. The minimum Gasteiger partial charge on any atom is -0.360 e. The first kappa shape index (κ1) is 90.6. The number of ketones is 4. The van der Waals surface area contributed by atoms with E-state index in [0.29, 0.717) is 153 Å². The van der Waals surface area contributed by atoms with E-state index in [1.807, 2.05) is 128 Å². The first-order valence-electron chi connectivity index (χ1n) is 44.3. The third kappa shape index (κ3) is 27.0. The van der Waals surface area contributed by atoms with Gasteiger partial charge in [-0.3, -0.25) is 34.8 Å². The Morgan fingerprint density at radius 1 is 0.385 bits per heavy atom. The van der Waals surface area contributed by atoms with Crippen LogP contribution in [0.5, 0.6) is 0 Å². The number of benzene rings is 4. The normalized spacial score (nSPS) is 17.2. The summed E-state index contributed by atoms with van der Waals surface area (Å²) in [4.78, 5) is 135. The number of rotatable bonds is 31. The quantitative estimate of drug-likeness (QED) is 0.0313. The summed E-state index contributed by atoms with van der Waals surface area (Å²) in [6.07, 6.45) is 16.2. The molecule has 130 heavy (non-hydrogen) atoms. The number of carbonyl (C=O) groups is 4. The lowest BCUT2D eigenvalue weighted by Crippen LogP contribution is -2.45. The predicted molar refractivity (Wildman–Crippen MR) is 506 cm³/mol. The van der Waals surface area contributed by atoms with Gasteiger partial charge in [-0.1, -0.05) is 64.9 Å². The molecule has 5 aliphatic heterocycles. The second-order valence-electron chi connectivity index (χ2n) is 33.9. The van der Waals surface area contributed by atoms with Crippen LogP contribution in [-0.4, -0.2) is 263 Å². The van der Waals surface area contributed by atoms with Crippen LogP contribution in [-0.2, 0) is 44.9 Å². The van der Waals surface area contributed by atoms with Gasteiger partial charge in [0.15, 0.2) is 31.6 Å². The van der Waals surface area contributed by atoms with Crippen molar-refractivity contribution in [3.63, 3.8) is 0 Å². The number of aryl methyl sites for hydroxylation is 2. The Balaban J connectivity index is 0.000000121. The highest BCUT2D eigenvalue weighted by Gasteiger charge is 2.34. The number of likely N-dealkylation sites (N-methyl/N-ethyl adjacent to an activating group) is 4. The van der Waals surface area contributed by atoms with Gasteiger partial charge in [-0.05, 0) is 217 Å². The Morgan fingerprint density at radius 3 is 1.00 bits per heavy atom. The number of nitrogens with one attached hydrogen (secondary N) is 4. The van der Waals surface area contributed by atoms with E-state index in [4.69, 9.17) is 29.0 Å². The molecule has 0 unspecified atom stereocenters. The van der Waals surface area contributed by atoms with Gasteiger partial charge in [-0.15, -0.1) is 11.3 Å². The first-order chi connectivity index (χ1) is 63.3. The molecule has 676 valence electrons. The molecular formula is C91H106N28O6S5. The van der Waals surface area contributed by atoms with Crippen molar-refractivity contribution in [2.75, 3.05) is 180 Å². The van der Waals surface area contributed by atoms with Crippen LogP contribution < -0.4 is 40.9 Å². The average Bonchev–Trinajstić information content (AvgIpc) is 1.44. The maximum absolute atomic E-state index is 12.1. The SMILES string of the molecule is CN1CCN(c2nc(NC3=NCC=C3)nc(Sc3ccc(CC(=O)C4CC4)cc3)n2)CC1.CN1CCN(c2nc(Nc3nccs3)nc(Sc3ccc(CC(=O)C4CC4)cc3)n2)CC1.Cc1cc(Nc2nc(Sc3ccc(CC(=O)C4CC4)cc3)nc(N3CCN(C)CC3)n2)no1.Cc1cc(Nc2nc(Sc3ccc(CC(=O)C4CC4)cc3)nc(N3CCN(C)CC3)n2)on1. The average molecular weight is 1850 g/mol.